The summed E-state index contributed by atoms with van der Waals surface area (Å²) < 4.78 is 1.53. The molecule has 1 unspecified atom stereocenters. The van der Waals surface area contributed by atoms with E-state index >= 15 is 0 Å². The van der Waals surface area contributed by atoms with Gasteiger partial charge in [0, 0.05) is 18.8 Å². The van der Waals surface area contributed by atoms with Gasteiger partial charge in [0.15, 0.2) is 0 Å². The monoisotopic (exact) mass is 254 g/mol. The zero-order chi connectivity index (χ0) is 13.7. The zero-order valence-corrected chi connectivity index (χ0v) is 10.5. The van der Waals surface area contributed by atoms with Crippen LogP contribution >= 0.6 is 0 Å². The van der Waals surface area contributed by atoms with Crippen molar-refractivity contribution in [1.29, 1.82) is 0 Å². The molecule has 1 amide bonds. The second kappa shape index (κ2) is 6.15. The van der Waals surface area contributed by atoms with Gasteiger partial charge in [-0.15, -0.1) is 0 Å². The quantitative estimate of drug-likeness (QED) is 0.650. The van der Waals surface area contributed by atoms with Crippen LogP contribution in [-0.2, 0) is 16.6 Å². The molecule has 1 aromatic heterocycles. The third-order valence-corrected chi connectivity index (χ3v) is 2.56. The van der Waals surface area contributed by atoms with Crippen molar-refractivity contribution < 1.29 is 14.7 Å². The van der Waals surface area contributed by atoms with Gasteiger partial charge in [-0.2, -0.15) is 5.10 Å². The summed E-state index contributed by atoms with van der Waals surface area (Å²) in [7, 11) is 1.71. The highest BCUT2D eigenvalue weighted by atomic mass is 16.4. The molecule has 1 rings (SSSR count). The molecule has 0 saturated heterocycles. The van der Waals surface area contributed by atoms with E-state index in [1.807, 2.05) is 6.92 Å². The van der Waals surface area contributed by atoms with E-state index in [1.165, 1.54) is 10.9 Å². The lowest BCUT2D eigenvalue weighted by molar-refractivity contribution is -0.142. The lowest BCUT2D eigenvalue weighted by Gasteiger charge is -2.16. The molecule has 0 radical (unpaired) electrons. The van der Waals surface area contributed by atoms with Gasteiger partial charge in [-0.05, 0) is 6.42 Å². The van der Waals surface area contributed by atoms with Crippen LogP contribution in [0.2, 0.25) is 0 Å². The van der Waals surface area contributed by atoms with Crippen molar-refractivity contribution in [3.8, 4) is 0 Å². The summed E-state index contributed by atoms with van der Waals surface area (Å²) in [6, 6.07) is -1.80. The summed E-state index contributed by atoms with van der Waals surface area (Å²) >= 11 is 0. The smallest absolute Gasteiger partial charge is 0.326 e. The zero-order valence-electron chi connectivity index (χ0n) is 10.5. The lowest BCUT2D eigenvalue weighted by atomic mass is 10.1. The first-order valence-corrected chi connectivity index (χ1v) is 5.73. The Bertz CT molecular complexity index is 430. The Kier molecular flexibility index (Phi) is 4.85. The summed E-state index contributed by atoms with van der Waals surface area (Å²) in [6.07, 6.45) is 4.15. The van der Waals surface area contributed by atoms with Crippen LogP contribution in [0.1, 0.15) is 31.4 Å². The van der Waals surface area contributed by atoms with Crippen molar-refractivity contribution in [2.45, 2.75) is 31.8 Å². The van der Waals surface area contributed by atoms with E-state index in [4.69, 9.17) is 10.8 Å². The Labute approximate surface area is 105 Å². The molecule has 18 heavy (non-hydrogen) atoms. The third-order valence-electron chi connectivity index (χ3n) is 2.56. The second-order valence-corrected chi connectivity index (χ2v) is 4.11. The molecule has 1 heterocycles. The fraction of sp³-hybridized carbons (Fsp3) is 0.545. The number of nitrogens with zero attached hydrogens (tertiary/aromatic N) is 2. The minimum absolute atomic E-state index is 0.376. The molecule has 7 nitrogen and oxygen atoms in total. The maximum absolute atomic E-state index is 11.8. The average molecular weight is 254 g/mol. The second-order valence-electron chi connectivity index (χ2n) is 4.11. The van der Waals surface area contributed by atoms with Gasteiger partial charge in [0.1, 0.15) is 12.1 Å². The van der Waals surface area contributed by atoms with E-state index in [0.29, 0.717) is 18.4 Å². The molecule has 4 N–H and O–H groups in total. The Morgan fingerprint density at radius 3 is 2.72 bits per heavy atom. The number of amides is 1. The maximum Gasteiger partial charge on any atom is 0.326 e. The summed E-state index contributed by atoms with van der Waals surface area (Å²) in [5.74, 6) is -1.56. The van der Waals surface area contributed by atoms with Gasteiger partial charge in [0.25, 0.3) is 0 Å². The molecular formula is C11H18N4O3. The van der Waals surface area contributed by atoms with E-state index in [-0.39, 0.29) is 0 Å². The Morgan fingerprint density at radius 2 is 2.28 bits per heavy atom. The van der Waals surface area contributed by atoms with Crippen molar-refractivity contribution >= 4 is 11.9 Å². The van der Waals surface area contributed by atoms with E-state index < -0.39 is 24.0 Å². The first kappa shape index (κ1) is 14.2. The van der Waals surface area contributed by atoms with E-state index in [9.17, 15) is 9.59 Å². The molecule has 2 atom stereocenters. The first-order valence-electron chi connectivity index (χ1n) is 5.73. The number of nitrogens with two attached hydrogens (primary N) is 1. The van der Waals surface area contributed by atoms with Crippen LogP contribution in [0, 0.1) is 0 Å². The van der Waals surface area contributed by atoms with Crippen molar-refractivity contribution in [1.82, 2.24) is 15.1 Å². The van der Waals surface area contributed by atoms with E-state index in [1.54, 1.807) is 13.2 Å². The van der Waals surface area contributed by atoms with Crippen LogP contribution in [-0.4, -0.2) is 32.8 Å². The molecule has 0 bridgehead atoms. The fourth-order valence-electron chi connectivity index (χ4n) is 1.56. The van der Waals surface area contributed by atoms with E-state index in [0.717, 1.165) is 0 Å². The molecule has 7 heteroatoms. The van der Waals surface area contributed by atoms with Crippen molar-refractivity contribution in [2.24, 2.45) is 12.8 Å². The summed E-state index contributed by atoms with van der Waals surface area (Å²) in [5, 5.41) is 15.3. The third kappa shape index (κ3) is 3.56. The number of carboxylic acid groups (broad SMARTS) is 1. The minimum Gasteiger partial charge on any atom is -0.480 e. The highest BCUT2D eigenvalue weighted by Gasteiger charge is 2.23. The summed E-state index contributed by atoms with van der Waals surface area (Å²) in [4.78, 5) is 22.7. The van der Waals surface area contributed by atoms with Gasteiger partial charge in [-0.3, -0.25) is 9.48 Å². The van der Waals surface area contributed by atoms with Gasteiger partial charge >= 0.3 is 5.97 Å². The van der Waals surface area contributed by atoms with Gasteiger partial charge in [0.2, 0.25) is 5.91 Å². The largest absolute Gasteiger partial charge is 0.480 e. The highest BCUT2D eigenvalue weighted by Crippen LogP contribution is 2.09. The molecule has 100 valence electrons. The van der Waals surface area contributed by atoms with Crippen LogP contribution in [0.4, 0.5) is 0 Å². The average Bonchev–Trinajstić information content (AvgIpc) is 2.74. The first-order chi connectivity index (χ1) is 8.45. The number of hydrogen-bond acceptors (Lipinski definition) is 4. The predicted octanol–water partition coefficient (Wildman–Crippen LogP) is -0.211. The van der Waals surface area contributed by atoms with Crippen molar-refractivity contribution in [2.75, 3.05) is 0 Å². The van der Waals surface area contributed by atoms with Crippen LogP contribution in [0.3, 0.4) is 0 Å². The lowest BCUT2D eigenvalue weighted by Crippen LogP contribution is -2.44. The molecule has 0 aliphatic carbocycles. The molecule has 0 saturated carbocycles. The number of aliphatic carboxylic acids is 1. The molecule has 0 aliphatic rings. The van der Waals surface area contributed by atoms with Crippen LogP contribution in [0.5, 0.6) is 0 Å². The number of carbonyl (C=O) groups excluding carboxylic acids is 1. The Hall–Kier alpha value is -1.89. The Balaban J connectivity index is 2.66. The summed E-state index contributed by atoms with van der Waals surface area (Å²) in [6.45, 7) is 1.85. The van der Waals surface area contributed by atoms with Gasteiger partial charge in [0.05, 0.1) is 6.20 Å². The fourth-order valence-corrected chi connectivity index (χ4v) is 1.56. The molecule has 0 spiro atoms. The SMILES string of the molecule is CCC[C@H](NC(=O)C(N)c1cnn(C)c1)C(=O)O. The molecule has 0 aromatic carbocycles. The number of carboxylic acids is 1. The van der Waals surface area contributed by atoms with Crippen LogP contribution in [0.15, 0.2) is 12.4 Å². The van der Waals surface area contributed by atoms with Crippen LogP contribution in [0.25, 0.3) is 0 Å². The number of hydrogen-bond donors (Lipinski definition) is 3. The standard InChI is InChI=1S/C11H18N4O3/c1-3-4-8(11(17)18)14-10(16)9(12)7-5-13-15(2)6-7/h5-6,8-9H,3-4,12H2,1-2H3,(H,14,16)(H,17,18)/t8-,9?/m0/s1. The van der Waals surface area contributed by atoms with Crippen LogP contribution < -0.4 is 11.1 Å². The molecule has 0 fully saturated rings. The number of aryl methyl sites for hydroxylation is 1. The van der Waals surface area contributed by atoms with Gasteiger partial charge in [-0.1, -0.05) is 13.3 Å². The maximum atomic E-state index is 11.8. The van der Waals surface area contributed by atoms with Gasteiger partial charge < -0.3 is 16.2 Å². The number of nitrogens with one attached hydrogen (secondary N) is 1. The number of rotatable bonds is 6. The van der Waals surface area contributed by atoms with Gasteiger partial charge in [-0.25, -0.2) is 4.79 Å². The number of aromatic nitrogens is 2. The minimum atomic E-state index is -1.05. The highest BCUT2D eigenvalue weighted by molar-refractivity contribution is 5.87. The summed E-state index contributed by atoms with van der Waals surface area (Å²) in [5.41, 5.74) is 6.29. The van der Waals surface area contributed by atoms with Crippen molar-refractivity contribution in [3.63, 3.8) is 0 Å². The molecular weight excluding hydrogens is 236 g/mol. The topological polar surface area (TPSA) is 110 Å². The van der Waals surface area contributed by atoms with E-state index in [2.05, 4.69) is 10.4 Å². The van der Waals surface area contributed by atoms with Crippen molar-refractivity contribution in [3.05, 3.63) is 18.0 Å². The molecule has 0 aliphatic heterocycles. The Morgan fingerprint density at radius 1 is 1.61 bits per heavy atom. The predicted molar refractivity (Wildman–Crippen MR) is 64.6 cm³/mol. The normalized spacial score (nSPS) is 13.9. The number of carbonyl (C=O) groups is 2. The molecule has 1 aromatic rings.